The lowest BCUT2D eigenvalue weighted by Crippen LogP contribution is -2.10. The molecule has 3 heteroatoms. The van der Waals surface area contributed by atoms with Crippen LogP contribution in [-0.4, -0.2) is 6.61 Å². The highest BCUT2D eigenvalue weighted by Crippen LogP contribution is 2.23. The van der Waals surface area contributed by atoms with Gasteiger partial charge in [-0.3, -0.25) is 4.84 Å². The van der Waals surface area contributed by atoms with E-state index >= 15 is 0 Å². The van der Waals surface area contributed by atoms with E-state index in [0.29, 0.717) is 12.5 Å². The molecule has 1 N–H and O–H groups in total. The summed E-state index contributed by atoms with van der Waals surface area (Å²) < 4.78 is 5.31. The van der Waals surface area contributed by atoms with Gasteiger partial charge in [0.05, 0.1) is 0 Å². The third-order valence-electron chi connectivity index (χ3n) is 2.07. The van der Waals surface area contributed by atoms with Crippen LogP contribution in [0.5, 0.6) is 0 Å². The molecule has 0 spiro atoms. The SMILES string of the molecule is C=CCOC1=CC(c2ccccc2)ON1. The first-order valence-electron chi connectivity index (χ1n) is 4.82. The van der Waals surface area contributed by atoms with Gasteiger partial charge in [-0.2, -0.15) is 0 Å². The second kappa shape index (κ2) is 4.66. The normalized spacial score (nSPS) is 19.2. The lowest BCUT2D eigenvalue weighted by molar-refractivity contribution is 0.0154. The van der Waals surface area contributed by atoms with Crippen LogP contribution in [0.2, 0.25) is 0 Å². The maximum atomic E-state index is 5.35. The van der Waals surface area contributed by atoms with Crippen LogP contribution in [0.3, 0.4) is 0 Å². The minimum Gasteiger partial charge on any atom is -0.474 e. The zero-order valence-electron chi connectivity index (χ0n) is 8.35. The smallest absolute Gasteiger partial charge is 0.210 e. The Labute approximate surface area is 89.0 Å². The zero-order chi connectivity index (χ0) is 10.5. The second-order valence-corrected chi connectivity index (χ2v) is 3.18. The van der Waals surface area contributed by atoms with E-state index < -0.39 is 0 Å². The van der Waals surface area contributed by atoms with E-state index in [9.17, 15) is 0 Å². The number of hydroxylamine groups is 1. The first-order chi connectivity index (χ1) is 7.40. The van der Waals surface area contributed by atoms with E-state index in [1.54, 1.807) is 6.08 Å². The summed E-state index contributed by atoms with van der Waals surface area (Å²) in [5.41, 5.74) is 3.83. The topological polar surface area (TPSA) is 30.5 Å². The predicted molar refractivity (Wildman–Crippen MR) is 57.6 cm³/mol. The lowest BCUT2D eigenvalue weighted by atomic mass is 10.1. The predicted octanol–water partition coefficient (Wildman–Crippen LogP) is 2.31. The monoisotopic (exact) mass is 203 g/mol. The van der Waals surface area contributed by atoms with Gasteiger partial charge in [-0.25, -0.2) is 5.48 Å². The van der Waals surface area contributed by atoms with E-state index in [1.165, 1.54) is 0 Å². The van der Waals surface area contributed by atoms with Crippen LogP contribution in [0, 0.1) is 0 Å². The van der Waals surface area contributed by atoms with Crippen molar-refractivity contribution < 1.29 is 9.57 Å². The number of hydrogen-bond donors (Lipinski definition) is 1. The van der Waals surface area contributed by atoms with Crippen LogP contribution < -0.4 is 5.48 Å². The first kappa shape index (κ1) is 9.80. The molecular formula is C12H13NO2. The van der Waals surface area contributed by atoms with E-state index in [-0.39, 0.29) is 6.10 Å². The van der Waals surface area contributed by atoms with Crippen molar-refractivity contribution in [1.29, 1.82) is 0 Å². The molecule has 1 unspecified atom stereocenters. The molecule has 1 aromatic rings. The molecule has 1 aliphatic heterocycles. The highest BCUT2D eigenvalue weighted by molar-refractivity contribution is 5.23. The highest BCUT2D eigenvalue weighted by Gasteiger charge is 2.18. The highest BCUT2D eigenvalue weighted by atomic mass is 16.7. The Balaban J connectivity index is 2.02. The first-order valence-corrected chi connectivity index (χ1v) is 4.82. The minimum absolute atomic E-state index is 0.0778. The van der Waals surface area contributed by atoms with Gasteiger partial charge in [0.2, 0.25) is 5.88 Å². The summed E-state index contributed by atoms with van der Waals surface area (Å²) >= 11 is 0. The zero-order valence-corrected chi connectivity index (χ0v) is 8.35. The summed E-state index contributed by atoms with van der Waals surface area (Å²) in [5.74, 6) is 0.642. The summed E-state index contributed by atoms with van der Waals surface area (Å²) in [6.07, 6.45) is 3.52. The number of nitrogens with one attached hydrogen (secondary N) is 1. The van der Waals surface area contributed by atoms with Crippen molar-refractivity contribution in [3.05, 3.63) is 60.5 Å². The molecule has 0 fully saturated rings. The Morgan fingerprint density at radius 1 is 1.40 bits per heavy atom. The van der Waals surface area contributed by atoms with Gasteiger partial charge < -0.3 is 4.74 Å². The molecule has 15 heavy (non-hydrogen) atoms. The van der Waals surface area contributed by atoms with Crippen LogP contribution >= 0.6 is 0 Å². The van der Waals surface area contributed by atoms with Crippen molar-refractivity contribution in [2.45, 2.75) is 6.10 Å². The van der Waals surface area contributed by atoms with Crippen molar-refractivity contribution in [1.82, 2.24) is 5.48 Å². The number of hydrogen-bond acceptors (Lipinski definition) is 3. The van der Waals surface area contributed by atoms with E-state index in [2.05, 4.69) is 12.1 Å². The quantitative estimate of drug-likeness (QED) is 0.762. The summed E-state index contributed by atoms with van der Waals surface area (Å²) in [5, 5.41) is 0. The molecule has 0 bridgehead atoms. The molecule has 1 aliphatic rings. The van der Waals surface area contributed by atoms with Gasteiger partial charge in [0.25, 0.3) is 0 Å². The molecule has 2 rings (SSSR count). The fraction of sp³-hybridized carbons (Fsp3) is 0.167. The molecule has 3 nitrogen and oxygen atoms in total. The average Bonchev–Trinajstić information content (AvgIpc) is 2.76. The standard InChI is InChI=1S/C12H13NO2/c1-2-8-14-12-9-11(15-13-12)10-6-4-3-5-7-10/h2-7,9,11,13H,1,8H2. The van der Waals surface area contributed by atoms with Gasteiger partial charge in [0.1, 0.15) is 12.7 Å². The Kier molecular flexibility index (Phi) is 3.05. The Bertz CT molecular complexity index is 359. The van der Waals surface area contributed by atoms with E-state index in [1.807, 2.05) is 36.4 Å². The third kappa shape index (κ3) is 2.39. The molecule has 0 aromatic heterocycles. The summed E-state index contributed by atoms with van der Waals surface area (Å²) in [7, 11) is 0. The van der Waals surface area contributed by atoms with Crippen LogP contribution in [0.1, 0.15) is 11.7 Å². The Morgan fingerprint density at radius 2 is 2.20 bits per heavy atom. The van der Waals surface area contributed by atoms with Crippen molar-refractivity contribution in [3.8, 4) is 0 Å². The Morgan fingerprint density at radius 3 is 2.93 bits per heavy atom. The van der Waals surface area contributed by atoms with Crippen molar-refractivity contribution in [3.63, 3.8) is 0 Å². The number of rotatable bonds is 4. The molecule has 1 heterocycles. The molecule has 78 valence electrons. The van der Waals surface area contributed by atoms with Crippen molar-refractivity contribution in [2.75, 3.05) is 6.61 Å². The molecule has 0 saturated carbocycles. The molecule has 1 aromatic carbocycles. The average molecular weight is 203 g/mol. The van der Waals surface area contributed by atoms with E-state index in [0.717, 1.165) is 5.56 Å². The minimum atomic E-state index is -0.0778. The number of benzene rings is 1. The van der Waals surface area contributed by atoms with Gasteiger partial charge in [0, 0.05) is 6.08 Å². The molecule has 0 amide bonds. The molecule has 0 radical (unpaired) electrons. The van der Waals surface area contributed by atoms with Gasteiger partial charge in [-0.1, -0.05) is 43.0 Å². The Hall–Kier alpha value is -1.74. The van der Waals surface area contributed by atoms with Gasteiger partial charge in [-0.05, 0) is 5.56 Å². The van der Waals surface area contributed by atoms with Gasteiger partial charge >= 0.3 is 0 Å². The lowest BCUT2D eigenvalue weighted by Gasteiger charge is -2.06. The van der Waals surface area contributed by atoms with Crippen LogP contribution in [0.25, 0.3) is 0 Å². The van der Waals surface area contributed by atoms with Crippen LogP contribution in [-0.2, 0) is 9.57 Å². The van der Waals surface area contributed by atoms with Gasteiger partial charge in [0.15, 0.2) is 0 Å². The fourth-order valence-electron chi connectivity index (χ4n) is 1.36. The third-order valence-corrected chi connectivity index (χ3v) is 2.07. The van der Waals surface area contributed by atoms with Crippen LogP contribution in [0.15, 0.2) is 54.9 Å². The van der Waals surface area contributed by atoms with E-state index in [4.69, 9.17) is 9.57 Å². The summed E-state index contributed by atoms with van der Waals surface area (Å²) in [6, 6.07) is 9.97. The van der Waals surface area contributed by atoms with Gasteiger partial charge in [-0.15, -0.1) is 0 Å². The molecule has 0 saturated heterocycles. The maximum absolute atomic E-state index is 5.35. The molecule has 1 atom stereocenters. The number of ether oxygens (including phenoxy) is 1. The van der Waals surface area contributed by atoms with Crippen LogP contribution in [0.4, 0.5) is 0 Å². The maximum Gasteiger partial charge on any atom is 0.210 e. The molecular weight excluding hydrogens is 190 g/mol. The van der Waals surface area contributed by atoms with Crippen molar-refractivity contribution >= 4 is 0 Å². The summed E-state index contributed by atoms with van der Waals surface area (Å²) in [4.78, 5) is 5.35. The van der Waals surface area contributed by atoms with Crippen molar-refractivity contribution in [2.24, 2.45) is 0 Å². The molecule has 0 aliphatic carbocycles. The summed E-state index contributed by atoms with van der Waals surface area (Å²) in [6.45, 7) is 4.05. The second-order valence-electron chi connectivity index (χ2n) is 3.18. The largest absolute Gasteiger partial charge is 0.474 e. The fourth-order valence-corrected chi connectivity index (χ4v) is 1.36.